The Morgan fingerprint density at radius 2 is 1.97 bits per heavy atom. The van der Waals surface area contributed by atoms with Gasteiger partial charge in [0.15, 0.2) is 11.4 Å². The van der Waals surface area contributed by atoms with Crippen LogP contribution in [0.2, 0.25) is 0 Å². The van der Waals surface area contributed by atoms with Gasteiger partial charge in [-0.2, -0.15) is 5.10 Å². The van der Waals surface area contributed by atoms with Gasteiger partial charge in [-0.15, -0.1) is 0 Å². The Labute approximate surface area is 192 Å². The molecular formula is C23H21F2N5O4. The molecule has 0 saturated heterocycles. The number of anilines is 1. The lowest BCUT2D eigenvalue weighted by atomic mass is 10.0. The van der Waals surface area contributed by atoms with Gasteiger partial charge in [-0.25, -0.2) is 8.78 Å². The first-order valence-corrected chi connectivity index (χ1v) is 10.7. The monoisotopic (exact) mass is 469 g/mol. The standard InChI is InChI=1S/C23H21F2N5O4/c1-11-5-15(24)13(16(25)6-11)7-26-22(33)14-10-29-12-3-4-17-18(8-27-28(17)2)30(9-12)23(34)19(29)21(32)20(14)31/h5-6,8,10,12,32H,3-4,7,9H2,1-2H3,(H,26,33)/t12-/m0/s1. The average Bonchev–Trinajstić information content (AvgIpc) is 3.04. The number of aromatic hydroxyl groups is 1. The zero-order chi connectivity index (χ0) is 24.3. The van der Waals surface area contributed by atoms with Crippen LogP contribution >= 0.6 is 0 Å². The van der Waals surface area contributed by atoms with Gasteiger partial charge in [0.25, 0.3) is 11.8 Å². The summed E-state index contributed by atoms with van der Waals surface area (Å²) in [5.74, 6) is -3.96. The molecular weight excluding hydrogens is 448 g/mol. The van der Waals surface area contributed by atoms with Crippen molar-refractivity contribution in [3.8, 4) is 5.75 Å². The minimum absolute atomic E-state index is 0.204. The summed E-state index contributed by atoms with van der Waals surface area (Å²) in [5, 5.41) is 17.2. The molecule has 0 saturated carbocycles. The van der Waals surface area contributed by atoms with Crippen LogP contribution in [0.25, 0.3) is 0 Å². The van der Waals surface area contributed by atoms with E-state index in [9.17, 15) is 28.3 Å². The minimum atomic E-state index is -1.03. The second-order valence-electron chi connectivity index (χ2n) is 8.57. The Morgan fingerprint density at radius 3 is 2.68 bits per heavy atom. The van der Waals surface area contributed by atoms with Gasteiger partial charge < -0.3 is 19.9 Å². The summed E-state index contributed by atoms with van der Waals surface area (Å²) in [5.41, 5.74) is -0.134. The Bertz CT molecular complexity index is 1400. The molecule has 0 aliphatic carbocycles. The van der Waals surface area contributed by atoms with Crippen LogP contribution in [0.1, 0.15) is 50.1 Å². The zero-order valence-corrected chi connectivity index (χ0v) is 18.4. The van der Waals surface area contributed by atoms with Crippen molar-refractivity contribution in [1.29, 1.82) is 0 Å². The van der Waals surface area contributed by atoms with Gasteiger partial charge in [0.1, 0.15) is 17.2 Å². The number of fused-ring (bicyclic) bond motifs is 6. The predicted octanol–water partition coefficient (Wildman–Crippen LogP) is 1.95. The van der Waals surface area contributed by atoms with Crippen LogP contribution in [0.3, 0.4) is 0 Å². The molecule has 4 heterocycles. The minimum Gasteiger partial charge on any atom is -0.503 e. The molecule has 0 spiro atoms. The highest BCUT2D eigenvalue weighted by Crippen LogP contribution is 2.37. The van der Waals surface area contributed by atoms with Crippen LogP contribution in [0.15, 0.2) is 29.3 Å². The molecule has 11 heteroatoms. The predicted molar refractivity (Wildman–Crippen MR) is 117 cm³/mol. The Balaban J connectivity index is 1.50. The van der Waals surface area contributed by atoms with Crippen molar-refractivity contribution < 1.29 is 23.5 Å². The second-order valence-corrected chi connectivity index (χ2v) is 8.57. The van der Waals surface area contributed by atoms with Crippen molar-refractivity contribution in [3.05, 3.63) is 74.5 Å². The van der Waals surface area contributed by atoms with Crippen LogP contribution in [0, 0.1) is 18.6 Å². The van der Waals surface area contributed by atoms with Gasteiger partial charge in [-0.1, -0.05) is 0 Å². The molecule has 0 radical (unpaired) electrons. The van der Waals surface area contributed by atoms with Crippen molar-refractivity contribution in [1.82, 2.24) is 19.7 Å². The molecule has 3 aromatic rings. The third-order valence-electron chi connectivity index (χ3n) is 6.45. The zero-order valence-electron chi connectivity index (χ0n) is 18.4. The molecule has 0 unspecified atom stereocenters. The van der Waals surface area contributed by atoms with E-state index in [4.69, 9.17) is 0 Å². The van der Waals surface area contributed by atoms with Crippen molar-refractivity contribution in [2.45, 2.75) is 32.4 Å². The number of aryl methyl sites for hydroxylation is 2. The lowest BCUT2D eigenvalue weighted by Crippen LogP contribution is -2.44. The van der Waals surface area contributed by atoms with Gasteiger partial charge in [-0.05, 0) is 37.5 Å². The number of carbonyl (C=O) groups excluding carboxylic acids is 2. The molecule has 176 valence electrons. The average molecular weight is 469 g/mol. The van der Waals surface area contributed by atoms with E-state index in [-0.39, 0.29) is 23.8 Å². The first-order valence-electron chi connectivity index (χ1n) is 10.7. The van der Waals surface area contributed by atoms with Gasteiger partial charge >= 0.3 is 0 Å². The van der Waals surface area contributed by atoms with E-state index in [1.165, 1.54) is 22.6 Å². The molecule has 1 atom stereocenters. The van der Waals surface area contributed by atoms with Crippen molar-refractivity contribution in [2.75, 3.05) is 11.4 Å². The highest BCUT2D eigenvalue weighted by molar-refractivity contribution is 6.08. The van der Waals surface area contributed by atoms with E-state index in [0.717, 1.165) is 17.8 Å². The number of hydrogen-bond donors (Lipinski definition) is 2. The number of halogens is 2. The van der Waals surface area contributed by atoms with Crippen LogP contribution < -0.4 is 15.6 Å². The number of hydrogen-bond acceptors (Lipinski definition) is 5. The van der Waals surface area contributed by atoms with E-state index in [1.54, 1.807) is 17.9 Å². The normalized spacial score (nSPS) is 16.6. The number of amides is 2. The first kappa shape index (κ1) is 21.8. The summed E-state index contributed by atoms with van der Waals surface area (Å²) in [7, 11) is 1.77. The quantitative estimate of drug-likeness (QED) is 0.610. The summed E-state index contributed by atoms with van der Waals surface area (Å²) < 4.78 is 31.4. The summed E-state index contributed by atoms with van der Waals surface area (Å²) in [6.07, 6.45) is 3.99. The SMILES string of the molecule is Cc1cc(F)c(CNC(=O)c2cn3c(c(O)c2=O)C(=O)N2C[C@@H]3CCc3c2cnn3C)c(F)c1. The van der Waals surface area contributed by atoms with Crippen LogP contribution in [0.5, 0.6) is 5.75 Å². The van der Waals surface area contributed by atoms with Gasteiger partial charge in [0.2, 0.25) is 5.43 Å². The molecule has 9 nitrogen and oxygen atoms in total. The second kappa shape index (κ2) is 7.79. The van der Waals surface area contributed by atoms with E-state index < -0.39 is 46.7 Å². The van der Waals surface area contributed by atoms with Gasteiger partial charge in [0, 0.05) is 31.9 Å². The molecule has 2 aromatic heterocycles. The summed E-state index contributed by atoms with van der Waals surface area (Å²) >= 11 is 0. The first-order chi connectivity index (χ1) is 16.2. The molecule has 2 N–H and O–H groups in total. The smallest absolute Gasteiger partial charge is 0.279 e. The molecule has 2 aliphatic rings. The maximum atomic E-state index is 14.1. The van der Waals surface area contributed by atoms with Gasteiger partial charge in [0.05, 0.1) is 23.6 Å². The molecule has 2 bridgehead atoms. The summed E-state index contributed by atoms with van der Waals surface area (Å²) in [6.45, 7) is 1.33. The van der Waals surface area contributed by atoms with Gasteiger partial charge in [-0.3, -0.25) is 19.1 Å². The fourth-order valence-electron chi connectivity index (χ4n) is 4.66. The fraction of sp³-hybridized carbons (Fsp3) is 0.304. The maximum Gasteiger partial charge on any atom is 0.279 e. The number of aromatic nitrogens is 3. The van der Waals surface area contributed by atoms with Crippen molar-refractivity contribution in [3.63, 3.8) is 0 Å². The number of nitrogens with zero attached hydrogens (tertiary/aromatic N) is 4. The molecule has 1 aromatic carbocycles. The van der Waals surface area contributed by atoms with Crippen molar-refractivity contribution >= 4 is 17.5 Å². The molecule has 2 amide bonds. The van der Waals surface area contributed by atoms with Crippen molar-refractivity contribution in [2.24, 2.45) is 7.05 Å². The Kier molecular flexibility index (Phi) is 4.99. The highest BCUT2D eigenvalue weighted by atomic mass is 19.1. The van der Waals surface area contributed by atoms with E-state index in [2.05, 4.69) is 10.4 Å². The number of benzene rings is 1. The third-order valence-corrected chi connectivity index (χ3v) is 6.45. The van der Waals surface area contributed by atoms with Crippen LogP contribution in [0.4, 0.5) is 14.5 Å². The third kappa shape index (κ3) is 3.27. The Hall–Kier alpha value is -4.02. The molecule has 2 aliphatic heterocycles. The molecule has 34 heavy (non-hydrogen) atoms. The number of carbonyl (C=O) groups is 2. The van der Waals surface area contributed by atoms with Crippen LogP contribution in [-0.2, 0) is 20.0 Å². The van der Waals surface area contributed by atoms with E-state index in [1.807, 2.05) is 0 Å². The molecule has 0 fully saturated rings. The van der Waals surface area contributed by atoms with Crippen LogP contribution in [-0.4, -0.2) is 37.8 Å². The molecule has 5 rings (SSSR count). The fourth-order valence-corrected chi connectivity index (χ4v) is 4.66. The number of nitrogens with one attached hydrogen (secondary N) is 1. The maximum absolute atomic E-state index is 14.1. The topological polar surface area (TPSA) is 109 Å². The number of pyridine rings is 1. The summed E-state index contributed by atoms with van der Waals surface area (Å²) in [4.78, 5) is 40.3. The Morgan fingerprint density at radius 1 is 1.26 bits per heavy atom. The largest absolute Gasteiger partial charge is 0.503 e. The summed E-state index contributed by atoms with van der Waals surface area (Å²) in [6, 6.07) is 1.98. The lowest BCUT2D eigenvalue weighted by Gasteiger charge is -2.34. The highest BCUT2D eigenvalue weighted by Gasteiger charge is 2.39. The van der Waals surface area contributed by atoms with E-state index in [0.29, 0.717) is 24.1 Å². The van der Waals surface area contributed by atoms with E-state index >= 15 is 0 Å². The number of rotatable bonds is 3. The lowest BCUT2D eigenvalue weighted by molar-refractivity contribution is 0.0929.